The molecule has 0 amide bonds. The average Bonchev–Trinajstić information content (AvgIpc) is 2.61. The molecule has 1 saturated heterocycles. The summed E-state index contributed by atoms with van der Waals surface area (Å²) < 4.78 is 5.37. The average molecular weight is 266 g/mol. The Labute approximate surface area is 113 Å². The summed E-state index contributed by atoms with van der Waals surface area (Å²) in [6.07, 6.45) is 1.83. The smallest absolute Gasteiger partial charge is 0.309 e. The molecule has 1 fully saturated rings. The lowest BCUT2D eigenvalue weighted by atomic mass is 9.83. The number of aliphatic hydroxyl groups excluding tert-OH is 2. The Balaban J connectivity index is 2.27. The fraction of sp³-hybridized carbons (Fsp3) is 0.667. The van der Waals surface area contributed by atoms with Crippen LogP contribution in [-0.4, -0.2) is 34.5 Å². The van der Waals surface area contributed by atoms with E-state index in [1.165, 1.54) is 0 Å². The molecule has 5 atom stereocenters. The van der Waals surface area contributed by atoms with Crippen molar-refractivity contribution in [2.24, 2.45) is 11.8 Å². The predicted molar refractivity (Wildman–Crippen MR) is 71.3 cm³/mol. The number of hydrogen-bond acceptors (Lipinski definition) is 4. The SMILES string of the molecule is C=C1CC[C@@H]2[C@@H](/C=C(\C)[C@H](O)C[C@H]1O)OC(=O)[C@@H]2C. The molecule has 2 aliphatic rings. The third-order valence-electron chi connectivity index (χ3n) is 4.36. The van der Waals surface area contributed by atoms with Gasteiger partial charge in [0.1, 0.15) is 6.10 Å². The van der Waals surface area contributed by atoms with Gasteiger partial charge in [0.05, 0.1) is 18.1 Å². The third-order valence-corrected chi connectivity index (χ3v) is 4.36. The van der Waals surface area contributed by atoms with Gasteiger partial charge in [-0.2, -0.15) is 0 Å². The monoisotopic (exact) mass is 266 g/mol. The van der Waals surface area contributed by atoms with E-state index in [-0.39, 0.29) is 30.3 Å². The molecular formula is C15H22O4. The van der Waals surface area contributed by atoms with Crippen molar-refractivity contribution in [3.63, 3.8) is 0 Å². The van der Waals surface area contributed by atoms with Gasteiger partial charge in [0.25, 0.3) is 0 Å². The van der Waals surface area contributed by atoms with Gasteiger partial charge in [-0.15, -0.1) is 0 Å². The van der Waals surface area contributed by atoms with Crippen LogP contribution in [0.4, 0.5) is 0 Å². The van der Waals surface area contributed by atoms with Gasteiger partial charge in [-0.05, 0) is 37.0 Å². The Kier molecular flexibility index (Phi) is 4.11. The third kappa shape index (κ3) is 2.90. The van der Waals surface area contributed by atoms with Crippen LogP contribution in [-0.2, 0) is 9.53 Å². The summed E-state index contributed by atoms with van der Waals surface area (Å²) in [5.74, 6) is -0.230. The van der Waals surface area contributed by atoms with Crippen LogP contribution in [0.3, 0.4) is 0 Å². The van der Waals surface area contributed by atoms with Crippen molar-refractivity contribution in [3.8, 4) is 0 Å². The number of hydrogen-bond donors (Lipinski definition) is 2. The van der Waals surface area contributed by atoms with Crippen LogP contribution in [0.5, 0.6) is 0 Å². The molecule has 19 heavy (non-hydrogen) atoms. The second kappa shape index (κ2) is 5.47. The highest BCUT2D eigenvalue weighted by Crippen LogP contribution is 2.35. The van der Waals surface area contributed by atoms with Crippen LogP contribution in [0.2, 0.25) is 0 Å². The molecule has 0 aromatic rings. The maximum atomic E-state index is 11.7. The standard InChI is InChI=1S/C15H22O4/c1-8-4-5-11-10(3)15(18)19-14(11)6-9(2)13(17)7-12(8)16/h6,10-14,16-17H,1,4-5,7H2,2-3H3/b9-6+/t10-,11+,12-,13-,14-/m1/s1. The van der Waals surface area contributed by atoms with Crippen molar-refractivity contribution in [1.29, 1.82) is 0 Å². The molecule has 1 aliphatic carbocycles. The van der Waals surface area contributed by atoms with Crippen molar-refractivity contribution in [3.05, 3.63) is 23.8 Å². The fourth-order valence-corrected chi connectivity index (χ4v) is 2.81. The van der Waals surface area contributed by atoms with Gasteiger partial charge in [-0.3, -0.25) is 4.79 Å². The van der Waals surface area contributed by atoms with E-state index in [1.54, 1.807) is 6.92 Å². The summed E-state index contributed by atoms with van der Waals surface area (Å²) in [7, 11) is 0. The minimum atomic E-state index is -0.722. The van der Waals surface area contributed by atoms with Gasteiger partial charge < -0.3 is 14.9 Å². The molecule has 106 valence electrons. The van der Waals surface area contributed by atoms with Crippen LogP contribution >= 0.6 is 0 Å². The van der Waals surface area contributed by atoms with Crippen molar-refractivity contribution in [2.75, 3.05) is 0 Å². The number of carbonyl (C=O) groups excluding carboxylic acids is 1. The first-order valence-electron chi connectivity index (χ1n) is 6.82. The topological polar surface area (TPSA) is 66.8 Å². The summed E-state index contributed by atoms with van der Waals surface area (Å²) in [6, 6.07) is 0. The van der Waals surface area contributed by atoms with Gasteiger partial charge in [-0.25, -0.2) is 0 Å². The zero-order chi connectivity index (χ0) is 14.2. The molecule has 0 aromatic heterocycles. The molecule has 4 heteroatoms. The molecule has 0 unspecified atom stereocenters. The number of aliphatic hydroxyl groups is 2. The van der Waals surface area contributed by atoms with Crippen LogP contribution in [0, 0.1) is 11.8 Å². The summed E-state index contributed by atoms with van der Waals surface area (Å²) in [5, 5.41) is 20.0. The van der Waals surface area contributed by atoms with Crippen LogP contribution in [0.25, 0.3) is 0 Å². The van der Waals surface area contributed by atoms with E-state index in [9.17, 15) is 15.0 Å². The second-order valence-corrected chi connectivity index (χ2v) is 5.73. The largest absolute Gasteiger partial charge is 0.458 e. The lowest BCUT2D eigenvalue weighted by Gasteiger charge is -2.24. The Morgan fingerprint density at radius 3 is 2.74 bits per heavy atom. The maximum absolute atomic E-state index is 11.7. The number of carbonyl (C=O) groups is 1. The Hall–Kier alpha value is -1.13. The summed E-state index contributed by atoms with van der Waals surface area (Å²) >= 11 is 0. The van der Waals surface area contributed by atoms with Crippen LogP contribution in [0.15, 0.2) is 23.8 Å². The van der Waals surface area contributed by atoms with E-state index in [4.69, 9.17) is 4.74 Å². The van der Waals surface area contributed by atoms with Gasteiger partial charge in [0.2, 0.25) is 0 Å². The van der Waals surface area contributed by atoms with Crippen LogP contribution in [0.1, 0.15) is 33.1 Å². The van der Waals surface area contributed by atoms with Gasteiger partial charge in [0.15, 0.2) is 0 Å². The van der Waals surface area contributed by atoms with Crippen molar-refractivity contribution in [2.45, 2.75) is 51.4 Å². The molecular weight excluding hydrogens is 244 g/mol. The molecule has 1 aliphatic heterocycles. The zero-order valence-electron chi connectivity index (χ0n) is 11.5. The molecule has 0 aromatic carbocycles. The van der Waals surface area contributed by atoms with E-state index in [0.29, 0.717) is 6.42 Å². The maximum Gasteiger partial charge on any atom is 0.309 e. The summed E-state index contributed by atoms with van der Waals surface area (Å²) in [5.41, 5.74) is 1.46. The lowest BCUT2D eigenvalue weighted by molar-refractivity contribution is -0.142. The zero-order valence-corrected chi connectivity index (χ0v) is 11.5. The number of rotatable bonds is 0. The predicted octanol–water partition coefficient (Wildman–Crippen LogP) is 1.57. The van der Waals surface area contributed by atoms with Gasteiger partial charge in [-0.1, -0.05) is 13.5 Å². The quantitative estimate of drug-likeness (QED) is 0.516. The minimum absolute atomic E-state index is 0.0942. The van der Waals surface area contributed by atoms with E-state index in [0.717, 1.165) is 17.6 Å². The Morgan fingerprint density at radius 1 is 1.37 bits per heavy atom. The summed E-state index contributed by atoms with van der Waals surface area (Å²) in [4.78, 5) is 11.7. The molecule has 1 heterocycles. The molecule has 0 saturated carbocycles. The highest BCUT2D eigenvalue weighted by Gasteiger charge is 2.41. The number of esters is 1. The second-order valence-electron chi connectivity index (χ2n) is 5.73. The van der Waals surface area contributed by atoms with Crippen LogP contribution < -0.4 is 0 Å². The van der Waals surface area contributed by atoms with E-state index < -0.39 is 12.2 Å². The molecule has 0 spiro atoms. The highest BCUT2D eigenvalue weighted by atomic mass is 16.6. The van der Waals surface area contributed by atoms with Gasteiger partial charge >= 0.3 is 5.97 Å². The van der Waals surface area contributed by atoms with E-state index >= 15 is 0 Å². The number of fused-ring (bicyclic) bond motifs is 1. The van der Waals surface area contributed by atoms with Crippen molar-refractivity contribution < 1.29 is 19.7 Å². The van der Waals surface area contributed by atoms with E-state index in [2.05, 4.69) is 6.58 Å². The molecule has 2 rings (SSSR count). The first kappa shape index (κ1) is 14.3. The first-order valence-corrected chi connectivity index (χ1v) is 6.82. The molecule has 0 bridgehead atoms. The normalized spacial score (nSPS) is 43.2. The highest BCUT2D eigenvalue weighted by molar-refractivity contribution is 5.75. The molecule has 4 nitrogen and oxygen atoms in total. The molecule has 2 N–H and O–H groups in total. The summed E-state index contributed by atoms with van der Waals surface area (Å²) in [6.45, 7) is 7.55. The van der Waals surface area contributed by atoms with Crippen molar-refractivity contribution in [1.82, 2.24) is 0 Å². The van der Waals surface area contributed by atoms with Gasteiger partial charge in [0, 0.05) is 12.3 Å². The number of ether oxygens (including phenoxy) is 1. The Bertz CT molecular complexity index is 412. The lowest BCUT2D eigenvalue weighted by Crippen LogP contribution is -2.26. The minimum Gasteiger partial charge on any atom is -0.458 e. The Morgan fingerprint density at radius 2 is 2.05 bits per heavy atom. The van der Waals surface area contributed by atoms with Crippen molar-refractivity contribution >= 4 is 5.97 Å². The first-order chi connectivity index (χ1) is 8.90. The van der Waals surface area contributed by atoms with E-state index in [1.807, 2.05) is 13.0 Å². The molecule has 0 radical (unpaired) electrons. The fourth-order valence-electron chi connectivity index (χ4n) is 2.81.